The van der Waals surface area contributed by atoms with Crippen LogP contribution < -0.4 is 10.1 Å². The summed E-state index contributed by atoms with van der Waals surface area (Å²) in [6.07, 6.45) is 7.37. The summed E-state index contributed by atoms with van der Waals surface area (Å²) >= 11 is 0. The molecule has 0 saturated carbocycles. The van der Waals surface area contributed by atoms with Crippen molar-refractivity contribution >= 4 is 0 Å². The first-order valence-corrected chi connectivity index (χ1v) is 7.57. The second kappa shape index (κ2) is 7.07. The molecule has 2 heterocycles. The number of aromatic nitrogens is 3. The number of methoxy groups -OCH3 is 1. The molecule has 2 aromatic heterocycles. The van der Waals surface area contributed by atoms with Crippen LogP contribution in [0, 0.1) is 0 Å². The fourth-order valence-corrected chi connectivity index (χ4v) is 2.39. The van der Waals surface area contributed by atoms with Crippen LogP contribution in [0.15, 0.2) is 61.3 Å². The van der Waals surface area contributed by atoms with Crippen molar-refractivity contribution in [1.29, 1.82) is 0 Å². The summed E-state index contributed by atoms with van der Waals surface area (Å²) in [6, 6.07) is 12.6. The molecule has 0 aliphatic rings. The lowest BCUT2D eigenvalue weighted by Gasteiger charge is -2.15. The zero-order valence-corrected chi connectivity index (χ0v) is 13.3. The molecule has 1 aromatic carbocycles. The molecule has 0 spiro atoms. The van der Waals surface area contributed by atoms with Crippen molar-refractivity contribution in [3.05, 3.63) is 72.4 Å². The van der Waals surface area contributed by atoms with Crippen LogP contribution >= 0.6 is 0 Å². The molecular formula is C18H20N4O. The summed E-state index contributed by atoms with van der Waals surface area (Å²) < 4.78 is 7.08. The average molecular weight is 308 g/mol. The first-order valence-electron chi connectivity index (χ1n) is 7.57. The number of nitrogens with zero attached hydrogens (tertiary/aromatic N) is 3. The van der Waals surface area contributed by atoms with Gasteiger partial charge >= 0.3 is 0 Å². The van der Waals surface area contributed by atoms with Crippen LogP contribution in [0.25, 0.3) is 5.69 Å². The fraction of sp³-hybridized carbons (Fsp3) is 0.222. The lowest BCUT2D eigenvalue weighted by atomic mass is 10.1. The average Bonchev–Trinajstić information content (AvgIpc) is 3.15. The summed E-state index contributed by atoms with van der Waals surface area (Å²) in [5.74, 6) is 0.634. The summed E-state index contributed by atoms with van der Waals surface area (Å²) in [4.78, 5) is 8.32. The van der Waals surface area contributed by atoms with E-state index < -0.39 is 0 Å². The van der Waals surface area contributed by atoms with Gasteiger partial charge in [-0.15, -0.1) is 0 Å². The van der Waals surface area contributed by atoms with E-state index in [1.54, 1.807) is 19.6 Å². The van der Waals surface area contributed by atoms with Gasteiger partial charge in [-0.05, 0) is 30.2 Å². The molecule has 0 bridgehead atoms. The van der Waals surface area contributed by atoms with Crippen LogP contribution in [-0.2, 0) is 6.54 Å². The molecule has 1 unspecified atom stereocenters. The number of rotatable bonds is 6. The molecule has 3 rings (SSSR count). The predicted molar refractivity (Wildman–Crippen MR) is 89.6 cm³/mol. The highest BCUT2D eigenvalue weighted by Crippen LogP contribution is 2.17. The Morgan fingerprint density at radius 3 is 2.87 bits per heavy atom. The molecule has 0 radical (unpaired) electrons. The highest BCUT2D eigenvalue weighted by Gasteiger charge is 2.07. The summed E-state index contributed by atoms with van der Waals surface area (Å²) in [5, 5.41) is 3.52. The lowest BCUT2D eigenvalue weighted by Crippen LogP contribution is -2.18. The first-order chi connectivity index (χ1) is 11.3. The monoisotopic (exact) mass is 308 g/mol. The Morgan fingerprint density at radius 1 is 1.26 bits per heavy atom. The van der Waals surface area contributed by atoms with Gasteiger partial charge in [-0.25, -0.2) is 9.97 Å². The van der Waals surface area contributed by atoms with Gasteiger partial charge in [-0.3, -0.25) is 0 Å². The zero-order valence-electron chi connectivity index (χ0n) is 13.3. The third-order valence-corrected chi connectivity index (χ3v) is 3.79. The van der Waals surface area contributed by atoms with Gasteiger partial charge in [0.1, 0.15) is 0 Å². The summed E-state index contributed by atoms with van der Waals surface area (Å²) in [5.41, 5.74) is 3.47. The Balaban J connectivity index is 1.65. The topological polar surface area (TPSA) is 52.0 Å². The molecular weight excluding hydrogens is 288 g/mol. The van der Waals surface area contributed by atoms with Gasteiger partial charge in [-0.2, -0.15) is 0 Å². The minimum Gasteiger partial charge on any atom is -0.481 e. The molecule has 3 aromatic rings. The number of ether oxygens (including phenoxy) is 1. The molecule has 1 atom stereocenters. The number of hydrogen-bond acceptors (Lipinski definition) is 4. The van der Waals surface area contributed by atoms with E-state index in [1.165, 1.54) is 5.56 Å². The zero-order chi connectivity index (χ0) is 16.1. The predicted octanol–water partition coefficient (Wildman–Crippen LogP) is 3.13. The quantitative estimate of drug-likeness (QED) is 0.760. The molecule has 1 N–H and O–H groups in total. The minimum atomic E-state index is 0.237. The van der Waals surface area contributed by atoms with E-state index in [1.807, 2.05) is 29.1 Å². The molecule has 5 heteroatoms. The molecule has 5 nitrogen and oxygen atoms in total. The molecule has 23 heavy (non-hydrogen) atoms. The summed E-state index contributed by atoms with van der Waals surface area (Å²) in [6.45, 7) is 2.91. The molecule has 0 amide bonds. The Bertz CT molecular complexity index is 738. The third kappa shape index (κ3) is 3.76. The normalized spacial score (nSPS) is 12.1. The Kier molecular flexibility index (Phi) is 4.68. The SMILES string of the molecule is COc1ccc(CNC(C)c2cccc(-n3ccnc3)c2)cn1. The largest absolute Gasteiger partial charge is 0.481 e. The molecule has 118 valence electrons. The van der Waals surface area contributed by atoms with E-state index >= 15 is 0 Å². The van der Waals surface area contributed by atoms with Gasteiger partial charge in [-0.1, -0.05) is 18.2 Å². The van der Waals surface area contributed by atoms with Crippen LogP contribution in [0.4, 0.5) is 0 Å². The second-order valence-corrected chi connectivity index (χ2v) is 5.38. The maximum absolute atomic E-state index is 5.07. The Hall–Kier alpha value is -2.66. The van der Waals surface area contributed by atoms with E-state index in [0.717, 1.165) is 17.8 Å². The summed E-state index contributed by atoms with van der Waals surface area (Å²) in [7, 11) is 1.62. The maximum Gasteiger partial charge on any atom is 0.212 e. The van der Waals surface area contributed by atoms with Crippen molar-refractivity contribution in [1.82, 2.24) is 19.9 Å². The van der Waals surface area contributed by atoms with E-state index in [9.17, 15) is 0 Å². The maximum atomic E-state index is 5.07. The highest BCUT2D eigenvalue weighted by molar-refractivity contribution is 5.37. The molecule has 0 aliphatic carbocycles. The number of hydrogen-bond donors (Lipinski definition) is 1. The van der Waals surface area contributed by atoms with Crippen LogP contribution in [0.2, 0.25) is 0 Å². The van der Waals surface area contributed by atoms with Crippen molar-refractivity contribution in [2.75, 3.05) is 7.11 Å². The molecule has 0 fully saturated rings. The molecule has 0 saturated heterocycles. The second-order valence-electron chi connectivity index (χ2n) is 5.38. The van der Waals surface area contributed by atoms with Crippen molar-refractivity contribution in [3.8, 4) is 11.6 Å². The molecule has 0 aliphatic heterocycles. The van der Waals surface area contributed by atoms with Crippen molar-refractivity contribution in [3.63, 3.8) is 0 Å². The Morgan fingerprint density at radius 2 is 2.17 bits per heavy atom. The minimum absolute atomic E-state index is 0.237. The van der Waals surface area contributed by atoms with Gasteiger partial charge in [0, 0.05) is 42.9 Å². The van der Waals surface area contributed by atoms with Crippen LogP contribution in [0.5, 0.6) is 5.88 Å². The van der Waals surface area contributed by atoms with Crippen LogP contribution in [0.3, 0.4) is 0 Å². The number of benzene rings is 1. The van der Waals surface area contributed by atoms with Gasteiger partial charge in [0.25, 0.3) is 0 Å². The van der Waals surface area contributed by atoms with Crippen LogP contribution in [0.1, 0.15) is 24.1 Å². The van der Waals surface area contributed by atoms with E-state index in [-0.39, 0.29) is 6.04 Å². The highest BCUT2D eigenvalue weighted by atomic mass is 16.5. The van der Waals surface area contributed by atoms with Crippen molar-refractivity contribution < 1.29 is 4.74 Å². The van der Waals surface area contributed by atoms with Gasteiger partial charge in [0.05, 0.1) is 13.4 Å². The van der Waals surface area contributed by atoms with Crippen molar-refractivity contribution in [2.45, 2.75) is 19.5 Å². The Labute approximate surface area is 136 Å². The third-order valence-electron chi connectivity index (χ3n) is 3.79. The smallest absolute Gasteiger partial charge is 0.212 e. The first kappa shape index (κ1) is 15.2. The van der Waals surface area contributed by atoms with Gasteiger partial charge < -0.3 is 14.6 Å². The van der Waals surface area contributed by atoms with Gasteiger partial charge in [0.2, 0.25) is 5.88 Å². The number of imidazole rings is 1. The number of pyridine rings is 1. The van der Waals surface area contributed by atoms with E-state index in [2.05, 4.69) is 46.5 Å². The fourth-order valence-electron chi connectivity index (χ4n) is 2.39. The number of nitrogens with one attached hydrogen (secondary N) is 1. The van der Waals surface area contributed by atoms with Crippen LogP contribution in [-0.4, -0.2) is 21.6 Å². The van der Waals surface area contributed by atoms with E-state index in [4.69, 9.17) is 4.74 Å². The lowest BCUT2D eigenvalue weighted by molar-refractivity contribution is 0.397. The van der Waals surface area contributed by atoms with Gasteiger partial charge in [0.15, 0.2) is 0 Å². The van der Waals surface area contributed by atoms with Crippen molar-refractivity contribution in [2.24, 2.45) is 0 Å². The standard InChI is InChI=1S/C18H20N4O/c1-14(20-11-15-6-7-18(23-2)21-12-15)16-4-3-5-17(10-16)22-9-8-19-13-22/h3-10,12-14,20H,11H2,1-2H3. The van der Waals surface area contributed by atoms with E-state index in [0.29, 0.717) is 5.88 Å².